The molecule has 0 aliphatic heterocycles. The molecule has 0 saturated carbocycles. The SMILES string of the molecule is Nc1ccc2sc3c(-c4ccccc4)cccc3c2c1. The molecule has 0 radical (unpaired) electrons. The average Bonchev–Trinajstić information content (AvgIpc) is 2.86. The van der Waals surface area contributed by atoms with Gasteiger partial charge in [0.25, 0.3) is 0 Å². The van der Waals surface area contributed by atoms with Crippen molar-refractivity contribution < 1.29 is 0 Å². The van der Waals surface area contributed by atoms with Crippen molar-refractivity contribution in [3.05, 3.63) is 66.7 Å². The van der Waals surface area contributed by atoms with Crippen LogP contribution in [0.25, 0.3) is 31.3 Å². The third-order valence-corrected chi connectivity index (χ3v) is 4.83. The van der Waals surface area contributed by atoms with Crippen LogP contribution in [-0.2, 0) is 0 Å². The van der Waals surface area contributed by atoms with E-state index < -0.39 is 0 Å². The van der Waals surface area contributed by atoms with Gasteiger partial charge >= 0.3 is 0 Å². The minimum atomic E-state index is 0.822. The lowest BCUT2D eigenvalue weighted by molar-refractivity contribution is 1.67. The van der Waals surface area contributed by atoms with Crippen LogP contribution in [0.1, 0.15) is 0 Å². The second-order valence-corrected chi connectivity index (χ2v) is 5.96. The van der Waals surface area contributed by atoms with Gasteiger partial charge in [-0.25, -0.2) is 0 Å². The van der Waals surface area contributed by atoms with E-state index in [-0.39, 0.29) is 0 Å². The third-order valence-electron chi connectivity index (χ3n) is 3.61. The van der Waals surface area contributed by atoms with Gasteiger partial charge in [0.05, 0.1) is 0 Å². The summed E-state index contributed by atoms with van der Waals surface area (Å²) in [6, 6.07) is 23.2. The summed E-state index contributed by atoms with van der Waals surface area (Å²) in [5.74, 6) is 0. The van der Waals surface area contributed by atoms with Crippen molar-refractivity contribution in [3.63, 3.8) is 0 Å². The fraction of sp³-hybridized carbons (Fsp3) is 0. The zero-order chi connectivity index (χ0) is 13.5. The Hall–Kier alpha value is -2.32. The van der Waals surface area contributed by atoms with Gasteiger partial charge in [0.15, 0.2) is 0 Å². The summed E-state index contributed by atoms with van der Waals surface area (Å²) in [6.07, 6.45) is 0. The van der Waals surface area contributed by atoms with Crippen molar-refractivity contribution >= 4 is 37.2 Å². The topological polar surface area (TPSA) is 26.0 Å². The highest BCUT2D eigenvalue weighted by Crippen LogP contribution is 2.40. The molecule has 2 N–H and O–H groups in total. The van der Waals surface area contributed by atoms with Crippen LogP contribution in [0.4, 0.5) is 5.69 Å². The molecule has 1 heterocycles. The average molecular weight is 275 g/mol. The van der Waals surface area contributed by atoms with E-state index in [1.807, 2.05) is 17.4 Å². The number of fused-ring (bicyclic) bond motifs is 3. The second kappa shape index (κ2) is 4.36. The molecule has 0 saturated heterocycles. The molecular weight excluding hydrogens is 262 g/mol. The number of nitrogens with two attached hydrogens (primary N) is 1. The molecule has 0 amide bonds. The van der Waals surface area contributed by atoms with Crippen LogP contribution >= 0.6 is 11.3 Å². The van der Waals surface area contributed by atoms with E-state index in [0.29, 0.717) is 0 Å². The maximum atomic E-state index is 5.93. The fourth-order valence-electron chi connectivity index (χ4n) is 2.66. The Morgan fingerprint density at radius 3 is 2.45 bits per heavy atom. The molecule has 4 aromatic rings. The number of thiophene rings is 1. The Labute approximate surface area is 121 Å². The van der Waals surface area contributed by atoms with Crippen LogP contribution in [0.2, 0.25) is 0 Å². The van der Waals surface area contributed by atoms with Crippen molar-refractivity contribution in [3.8, 4) is 11.1 Å². The molecule has 4 rings (SSSR count). The Bertz CT molecular complexity index is 907. The van der Waals surface area contributed by atoms with Gasteiger partial charge in [-0.05, 0) is 29.3 Å². The van der Waals surface area contributed by atoms with Crippen molar-refractivity contribution in [1.29, 1.82) is 0 Å². The van der Waals surface area contributed by atoms with Gasteiger partial charge in [-0.3, -0.25) is 0 Å². The highest BCUT2D eigenvalue weighted by Gasteiger charge is 2.09. The van der Waals surface area contributed by atoms with Gasteiger partial charge in [0.2, 0.25) is 0 Å². The maximum Gasteiger partial charge on any atom is 0.0433 e. The summed E-state index contributed by atoms with van der Waals surface area (Å²) in [5, 5.41) is 2.54. The van der Waals surface area contributed by atoms with Crippen molar-refractivity contribution in [2.45, 2.75) is 0 Å². The van der Waals surface area contributed by atoms with E-state index in [9.17, 15) is 0 Å². The highest BCUT2D eigenvalue weighted by atomic mass is 32.1. The zero-order valence-electron chi connectivity index (χ0n) is 10.8. The molecule has 0 aliphatic carbocycles. The molecule has 96 valence electrons. The standard InChI is InChI=1S/C18H13NS/c19-13-9-10-17-16(11-13)15-8-4-7-14(18(15)20-17)12-5-2-1-3-6-12/h1-11H,19H2. The van der Waals surface area contributed by atoms with Gasteiger partial charge in [-0.1, -0.05) is 48.5 Å². The normalized spacial score (nSPS) is 11.2. The Balaban J connectivity index is 2.11. The molecule has 20 heavy (non-hydrogen) atoms. The number of hydrogen-bond donors (Lipinski definition) is 1. The monoisotopic (exact) mass is 275 g/mol. The van der Waals surface area contributed by atoms with Crippen molar-refractivity contribution in [1.82, 2.24) is 0 Å². The molecule has 0 aliphatic rings. The van der Waals surface area contributed by atoms with Crippen LogP contribution in [0.5, 0.6) is 0 Å². The van der Waals surface area contributed by atoms with Gasteiger partial charge < -0.3 is 5.73 Å². The lowest BCUT2D eigenvalue weighted by atomic mass is 10.0. The predicted molar refractivity (Wildman–Crippen MR) is 89.2 cm³/mol. The van der Waals surface area contributed by atoms with Crippen LogP contribution in [0, 0.1) is 0 Å². The minimum Gasteiger partial charge on any atom is -0.399 e. The molecule has 1 aromatic heterocycles. The largest absolute Gasteiger partial charge is 0.399 e. The maximum absolute atomic E-state index is 5.93. The first-order valence-corrected chi connectivity index (χ1v) is 7.41. The smallest absolute Gasteiger partial charge is 0.0433 e. The minimum absolute atomic E-state index is 0.822. The molecule has 1 nitrogen and oxygen atoms in total. The molecule has 0 fully saturated rings. The van der Waals surface area contributed by atoms with E-state index in [1.165, 1.54) is 31.3 Å². The van der Waals surface area contributed by atoms with Crippen LogP contribution in [-0.4, -0.2) is 0 Å². The molecular formula is C18H13NS. The van der Waals surface area contributed by atoms with Crippen LogP contribution in [0.15, 0.2) is 66.7 Å². The quantitative estimate of drug-likeness (QED) is 0.468. The van der Waals surface area contributed by atoms with Gasteiger partial charge in [-0.15, -0.1) is 11.3 Å². The van der Waals surface area contributed by atoms with Crippen LogP contribution < -0.4 is 5.73 Å². The Kier molecular flexibility index (Phi) is 2.51. The first-order chi connectivity index (χ1) is 9.83. The summed E-state index contributed by atoms with van der Waals surface area (Å²) in [4.78, 5) is 0. The first-order valence-electron chi connectivity index (χ1n) is 6.59. The molecule has 2 heteroatoms. The van der Waals surface area contributed by atoms with Gasteiger partial charge in [0, 0.05) is 25.9 Å². The van der Waals surface area contributed by atoms with Gasteiger partial charge in [-0.2, -0.15) is 0 Å². The summed E-state index contributed by atoms with van der Waals surface area (Å²) >= 11 is 1.84. The summed E-state index contributed by atoms with van der Waals surface area (Å²) < 4.78 is 2.62. The van der Waals surface area contributed by atoms with Crippen molar-refractivity contribution in [2.75, 3.05) is 5.73 Å². The molecule has 0 unspecified atom stereocenters. The van der Waals surface area contributed by atoms with E-state index >= 15 is 0 Å². The summed E-state index contributed by atoms with van der Waals surface area (Å²) in [6.45, 7) is 0. The number of benzene rings is 3. The lowest BCUT2D eigenvalue weighted by Crippen LogP contribution is -1.81. The second-order valence-electron chi connectivity index (χ2n) is 4.91. The molecule has 0 bridgehead atoms. The van der Waals surface area contributed by atoms with E-state index in [2.05, 4.69) is 60.7 Å². The zero-order valence-corrected chi connectivity index (χ0v) is 11.7. The fourth-order valence-corrected chi connectivity index (χ4v) is 3.88. The lowest BCUT2D eigenvalue weighted by Gasteiger charge is -2.02. The Morgan fingerprint density at radius 1 is 0.750 bits per heavy atom. The summed E-state index contributed by atoms with van der Waals surface area (Å²) in [7, 11) is 0. The van der Waals surface area contributed by atoms with Crippen LogP contribution in [0.3, 0.4) is 0 Å². The molecule has 0 spiro atoms. The highest BCUT2D eigenvalue weighted by molar-refractivity contribution is 7.26. The van der Waals surface area contributed by atoms with E-state index in [0.717, 1.165) is 5.69 Å². The number of anilines is 1. The summed E-state index contributed by atoms with van der Waals surface area (Å²) in [5.41, 5.74) is 9.31. The van der Waals surface area contributed by atoms with E-state index in [4.69, 9.17) is 5.73 Å². The van der Waals surface area contributed by atoms with Crippen molar-refractivity contribution in [2.24, 2.45) is 0 Å². The van der Waals surface area contributed by atoms with E-state index in [1.54, 1.807) is 0 Å². The molecule has 0 atom stereocenters. The third kappa shape index (κ3) is 1.69. The first kappa shape index (κ1) is 11.5. The predicted octanol–water partition coefficient (Wildman–Crippen LogP) is 5.30. The van der Waals surface area contributed by atoms with Gasteiger partial charge in [0.1, 0.15) is 0 Å². The molecule has 3 aromatic carbocycles. The number of rotatable bonds is 1. The number of nitrogen functional groups attached to an aromatic ring is 1. The number of hydrogen-bond acceptors (Lipinski definition) is 2. The Morgan fingerprint density at radius 2 is 1.60 bits per heavy atom.